The van der Waals surface area contributed by atoms with Crippen molar-refractivity contribution in [2.24, 2.45) is 5.92 Å². The molecule has 0 spiro atoms. The van der Waals surface area contributed by atoms with Crippen LogP contribution in [0.25, 0.3) is 0 Å². The van der Waals surface area contributed by atoms with Gasteiger partial charge in [-0.15, -0.1) is 0 Å². The molecular weight excluding hydrogens is 322 g/mol. The fourth-order valence-corrected chi connectivity index (χ4v) is 3.75. The second-order valence-electron chi connectivity index (χ2n) is 6.71. The molecule has 7 nitrogen and oxygen atoms in total. The van der Waals surface area contributed by atoms with Crippen LogP contribution in [0.2, 0.25) is 0 Å². The summed E-state index contributed by atoms with van der Waals surface area (Å²) in [6.45, 7) is 3.79. The molecule has 0 aliphatic carbocycles. The van der Waals surface area contributed by atoms with E-state index in [1.807, 2.05) is 12.1 Å². The molecular formula is C18H27N3O4. The van der Waals surface area contributed by atoms with E-state index in [0.29, 0.717) is 31.4 Å². The number of carbonyl (C=O) groups excluding carboxylic acids is 1. The Labute approximate surface area is 148 Å². The van der Waals surface area contributed by atoms with E-state index in [4.69, 9.17) is 14.2 Å². The minimum Gasteiger partial charge on any atom is -0.481 e. The van der Waals surface area contributed by atoms with Crippen molar-refractivity contribution >= 4 is 5.91 Å². The molecule has 0 radical (unpaired) electrons. The van der Waals surface area contributed by atoms with Crippen LogP contribution < -0.4 is 10.1 Å². The molecule has 3 rings (SSSR count). The van der Waals surface area contributed by atoms with Crippen molar-refractivity contribution in [2.75, 3.05) is 40.5 Å². The van der Waals surface area contributed by atoms with Gasteiger partial charge in [-0.2, -0.15) is 0 Å². The minimum atomic E-state index is 0.0348. The molecule has 1 aromatic rings. The van der Waals surface area contributed by atoms with Crippen LogP contribution in [0.15, 0.2) is 18.3 Å². The Kier molecular flexibility index (Phi) is 6.23. The molecule has 0 bridgehead atoms. The van der Waals surface area contributed by atoms with Crippen molar-refractivity contribution < 1.29 is 19.0 Å². The number of carbonyl (C=O) groups is 1. The molecule has 3 heterocycles. The summed E-state index contributed by atoms with van der Waals surface area (Å²) in [4.78, 5) is 18.5. The second kappa shape index (κ2) is 8.60. The smallest absolute Gasteiger partial charge is 0.222 e. The first kappa shape index (κ1) is 18.1. The van der Waals surface area contributed by atoms with Gasteiger partial charge in [-0.1, -0.05) is 6.07 Å². The van der Waals surface area contributed by atoms with Crippen molar-refractivity contribution in [1.82, 2.24) is 15.2 Å². The second-order valence-corrected chi connectivity index (χ2v) is 6.71. The molecule has 3 atom stereocenters. The normalized spacial score (nSPS) is 25.8. The van der Waals surface area contributed by atoms with Crippen molar-refractivity contribution in [2.45, 2.75) is 31.6 Å². The van der Waals surface area contributed by atoms with Crippen LogP contribution in [0.3, 0.4) is 0 Å². The number of nitrogens with zero attached hydrogens (tertiary/aromatic N) is 2. The first-order valence-corrected chi connectivity index (χ1v) is 8.81. The summed E-state index contributed by atoms with van der Waals surface area (Å²) >= 11 is 0. The van der Waals surface area contributed by atoms with Gasteiger partial charge in [0.15, 0.2) is 0 Å². The van der Waals surface area contributed by atoms with Gasteiger partial charge in [-0.25, -0.2) is 4.98 Å². The zero-order valence-corrected chi connectivity index (χ0v) is 14.9. The van der Waals surface area contributed by atoms with Gasteiger partial charge in [0, 0.05) is 51.0 Å². The first-order chi connectivity index (χ1) is 12.2. The zero-order chi connectivity index (χ0) is 17.6. The van der Waals surface area contributed by atoms with E-state index in [0.717, 1.165) is 31.6 Å². The van der Waals surface area contributed by atoms with Gasteiger partial charge in [-0.3, -0.25) is 9.69 Å². The third-order valence-corrected chi connectivity index (χ3v) is 4.87. The fourth-order valence-electron chi connectivity index (χ4n) is 3.75. The lowest BCUT2D eigenvalue weighted by molar-refractivity contribution is -0.124. The predicted molar refractivity (Wildman–Crippen MR) is 92.3 cm³/mol. The van der Waals surface area contributed by atoms with Crippen LogP contribution in [-0.4, -0.2) is 68.5 Å². The highest BCUT2D eigenvalue weighted by atomic mass is 16.5. The van der Waals surface area contributed by atoms with Crippen molar-refractivity contribution in [3.63, 3.8) is 0 Å². The minimum absolute atomic E-state index is 0.0348. The van der Waals surface area contributed by atoms with Gasteiger partial charge in [0.2, 0.25) is 11.8 Å². The number of amides is 1. The summed E-state index contributed by atoms with van der Waals surface area (Å²) in [5, 5.41) is 2.86. The molecule has 2 fully saturated rings. The molecule has 2 aliphatic rings. The molecule has 138 valence electrons. The maximum Gasteiger partial charge on any atom is 0.222 e. The number of hydrogen-bond donors (Lipinski definition) is 1. The Morgan fingerprint density at radius 1 is 1.44 bits per heavy atom. The standard InChI is InChI=1S/C18H27N3O4/c1-23-7-6-19-17(22)9-15-8-14-11-21(12-16(14)25-15)10-13-4-3-5-20-18(13)24-2/h3-5,14-16H,6-12H2,1-2H3,(H,19,22)/t14-,15+,16+/m0/s1. The molecule has 25 heavy (non-hydrogen) atoms. The van der Waals surface area contributed by atoms with Gasteiger partial charge >= 0.3 is 0 Å². The van der Waals surface area contributed by atoms with Crippen molar-refractivity contribution in [3.05, 3.63) is 23.9 Å². The number of fused-ring (bicyclic) bond motifs is 1. The van der Waals surface area contributed by atoms with Crippen LogP contribution in [0.1, 0.15) is 18.4 Å². The number of aromatic nitrogens is 1. The summed E-state index contributed by atoms with van der Waals surface area (Å²) in [7, 11) is 3.27. The highest BCUT2D eigenvalue weighted by Crippen LogP contribution is 2.35. The number of methoxy groups -OCH3 is 2. The predicted octanol–water partition coefficient (Wildman–Crippen LogP) is 0.832. The maximum atomic E-state index is 11.9. The largest absolute Gasteiger partial charge is 0.481 e. The van der Waals surface area contributed by atoms with Gasteiger partial charge in [0.1, 0.15) is 0 Å². The number of hydrogen-bond acceptors (Lipinski definition) is 6. The Morgan fingerprint density at radius 2 is 2.32 bits per heavy atom. The quantitative estimate of drug-likeness (QED) is 0.701. The van der Waals surface area contributed by atoms with E-state index in [2.05, 4.69) is 15.2 Å². The van der Waals surface area contributed by atoms with Gasteiger partial charge in [0.05, 0.1) is 32.3 Å². The van der Waals surface area contributed by atoms with Crippen LogP contribution >= 0.6 is 0 Å². The Hall–Kier alpha value is -1.70. The summed E-state index contributed by atoms with van der Waals surface area (Å²) in [5.74, 6) is 1.23. The first-order valence-electron chi connectivity index (χ1n) is 8.81. The van der Waals surface area contributed by atoms with Crippen LogP contribution in [-0.2, 0) is 20.8 Å². The van der Waals surface area contributed by atoms with E-state index in [9.17, 15) is 4.79 Å². The Balaban J connectivity index is 1.44. The SMILES string of the molecule is COCCNC(=O)C[C@H]1C[C@H]2CN(Cc3cccnc3OC)C[C@H]2O1. The van der Waals surface area contributed by atoms with Gasteiger partial charge < -0.3 is 19.5 Å². The van der Waals surface area contributed by atoms with E-state index in [1.165, 1.54) is 0 Å². The van der Waals surface area contributed by atoms with Crippen LogP contribution in [0, 0.1) is 5.92 Å². The molecule has 1 N–H and O–H groups in total. The molecule has 0 aromatic carbocycles. The molecule has 0 saturated carbocycles. The Morgan fingerprint density at radius 3 is 3.08 bits per heavy atom. The van der Waals surface area contributed by atoms with E-state index >= 15 is 0 Å². The highest BCUT2D eigenvalue weighted by molar-refractivity contribution is 5.76. The lowest BCUT2D eigenvalue weighted by Crippen LogP contribution is -2.31. The van der Waals surface area contributed by atoms with E-state index in [-0.39, 0.29) is 18.1 Å². The lowest BCUT2D eigenvalue weighted by atomic mass is 10.0. The lowest BCUT2D eigenvalue weighted by Gasteiger charge is -2.19. The van der Waals surface area contributed by atoms with E-state index < -0.39 is 0 Å². The average molecular weight is 349 g/mol. The maximum absolute atomic E-state index is 11.9. The van der Waals surface area contributed by atoms with Crippen LogP contribution in [0.4, 0.5) is 0 Å². The van der Waals surface area contributed by atoms with E-state index in [1.54, 1.807) is 20.4 Å². The van der Waals surface area contributed by atoms with Crippen LogP contribution in [0.5, 0.6) is 5.88 Å². The topological polar surface area (TPSA) is 72.9 Å². The molecule has 1 aromatic heterocycles. The van der Waals surface area contributed by atoms with Gasteiger partial charge in [-0.05, 0) is 12.5 Å². The summed E-state index contributed by atoms with van der Waals surface area (Å²) < 4.78 is 16.4. The highest BCUT2D eigenvalue weighted by Gasteiger charge is 2.42. The number of pyridine rings is 1. The molecule has 2 aliphatic heterocycles. The molecule has 7 heteroatoms. The molecule has 2 saturated heterocycles. The third kappa shape index (κ3) is 4.68. The Bertz CT molecular complexity index is 569. The number of rotatable bonds is 8. The van der Waals surface area contributed by atoms with Crippen molar-refractivity contribution in [3.8, 4) is 5.88 Å². The summed E-state index contributed by atoms with van der Waals surface area (Å²) in [6.07, 6.45) is 3.38. The number of ether oxygens (including phenoxy) is 3. The molecule has 1 amide bonds. The van der Waals surface area contributed by atoms with Gasteiger partial charge in [0.25, 0.3) is 0 Å². The van der Waals surface area contributed by atoms with Crippen molar-refractivity contribution in [1.29, 1.82) is 0 Å². The summed E-state index contributed by atoms with van der Waals surface area (Å²) in [5.41, 5.74) is 1.10. The zero-order valence-electron chi connectivity index (χ0n) is 14.9. The molecule has 0 unspecified atom stereocenters. The monoisotopic (exact) mass is 349 g/mol. The third-order valence-electron chi connectivity index (χ3n) is 4.87. The fraction of sp³-hybridized carbons (Fsp3) is 0.667. The average Bonchev–Trinajstić information content (AvgIpc) is 3.13. The number of likely N-dealkylation sites (tertiary alicyclic amines) is 1. The summed E-state index contributed by atoms with van der Waals surface area (Å²) in [6, 6.07) is 3.98. The number of nitrogens with one attached hydrogen (secondary N) is 1.